The minimum absolute atomic E-state index is 0. The molecule has 24 heavy (non-hydrogen) atoms. The van der Waals surface area contributed by atoms with E-state index in [0.717, 1.165) is 36.8 Å². The molecular formula is C18H23ClN2O2S. The molecule has 0 atom stereocenters. The smallest absolute Gasteiger partial charge is 0.240 e. The monoisotopic (exact) mass is 366 g/mol. The molecule has 3 N–H and O–H groups in total. The Morgan fingerprint density at radius 3 is 2.17 bits per heavy atom. The summed E-state index contributed by atoms with van der Waals surface area (Å²) in [6.07, 6.45) is 3.35. The number of hydrogen-bond acceptors (Lipinski definition) is 3. The Morgan fingerprint density at radius 1 is 0.875 bits per heavy atom. The van der Waals surface area contributed by atoms with Gasteiger partial charge in [-0.3, -0.25) is 0 Å². The maximum atomic E-state index is 12.6. The second-order valence-corrected chi connectivity index (χ2v) is 7.84. The summed E-state index contributed by atoms with van der Waals surface area (Å²) >= 11 is 0. The molecule has 0 saturated heterocycles. The second kappa shape index (κ2) is 8.12. The fourth-order valence-corrected chi connectivity index (χ4v) is 4.35. The van der Waals surface area contributed by atoms with Crippen LogP contribution in [0, 0.1) is 0 Å². The molecule has 6 heteroatoms. The fraction of sp³-hybridized carbons (Fsp3) is 0.333. The molecule has 2 aromatic carbocycles. The Bertz CT molecular complexity index is 758. The normalized spacial score (nSPS) is 21.0. The highest BCUT2D eigenvalue weighted by atomic mass is 35.5. The van der Waals surface area contributed by atoms with Gasteiger partial charge in [0.25, 0.3) is 0 Å². The number of benzene rings is 2. The molecule has 0 radical (unpaired) electrons. The third kappa shape index (κ3) is 4.57. The van der Waals surface area contributed by atoms with Crippen LogP contribution in [0.1, 0.15) is 25.7 Å². The van der Waals surface area contributed by atoms with Crippen molar-refractivity contribution in [2.75, 3.05) is 0 Å². The third-order valence-corrected chi connectivity index (χ3v) is 5.86. The number of hydrogen-bond donors (Lipinski definition) is 2. The zero-order valence-electron chi connectivity index (χ0n) is 13.4. The molecule has 4 nitrogen and oxygen atoms in total. The molecule has 0 heterocycles. The van der Waals surface area contributed by atoms with Crippen molar-refractivity contribution in [2.24, 2.45) is 5.73 Å². The molecule has 0 aliphatic heterocycles. The molecule has 2 aromatic rings. The fourth-order valence-electron chi connectivity index (χ4n) is 3.00. The highest BCUT2D eigenvalue weighted by Gasteiger charge is 2.24. The van der Waals surface area contributed by atoms with Crippen LogP contribution in [0.15, 0.2) is 59.5 Å². The predicted molar refractivity (Wildman–Crippen MR) is 99.7 cm³/mol. The lowest BCUT2D eigenvalue weighted by Gasteiger charge is -2.26. The molecule has 0 aromatic heterocycles. The first-order valence-corrected chi connectivity index (χ1v) is 9.46. The molecular weight excluding hydrogens is 344 g/mol. The largest absolute Gasteiger partial charge is 0.328 e. The van der Waals surface area contributed by atoms with Gasteiger partial charge in [-0.15, -0.1) is 12.4 Å². The summed E-state index contributed by atoms with van der Waals surface area (Å²) in [5, 5.41) is 0. The number of nitrogens with two attached hydrogens (primary N) is 1. The van der Waals surface area contributed by atoms with Crippen molar-refractivity contribution < 1.29 is 8.42 Å². The van der Waals surface area contributed by atoms with Crippen LogP contribution in [0.5, 0.6) is 0 Å². The highest BCUT2D eigenvalue weighted by Crippen LogP contribution is 2.24. The summed E-state index contributed by atoms with van der Waals surface area (Å²) in [4.78, 5) is 0.314. The van der Waals surface area contributed by atoms with Gasteiger partial charge in [0, 0.05) is 12.1 Å². The van der Waals surface area contributed by atoms with Gasteiger partial charge in [-0.1, -0.05) is 42.5 Å². The minimum atomic E-state index is -3.50. The van der Waals surface area contributed by atoms with Gasteiger partial charge in [0.2, 0.25) is 10.0 Å². The first-order valence-electron chi connectivity index (χ1n) is 7.98. The average Bonchev–Trinajstić information content (AvgIpc) is 2.58. The van der Waals surface area contributed by atoms with Gasteiger partial charge in [-0.25, -0.2) is 13.1 Å². The van der Waals surface area contributed by atoms with Crippen LogP contribution in [0.2, 0.25) is 0 Å². The number of sulfonamides is 1. The van der Waals surface area contributed by atoms with Crippen molar-refractivity contribution in [3.05, 3.63) is 54.6 Å². The predicted octanol–water partition coefficient (Wildman–Crippen LogP) is 3.32. The Kier molecular flexibility index (Phi) is 6.40. The summed E-state index contributed by atoms with van der Waals surface area (Å²) in [6, 6.07) is 17.1. The van der Waals surface area contributed by atoms with Crippen LogP contribution in [0.3, 0.4) is 0 Å². The Hall–Kier alpha value is -1.40. The third-order valence-electron chi connectivity index (χ3n) is 4.35. The van der Waals surface area contributed by atoms with E-state index in [0.29, 0.717) is 4.90 Å². The van der Waals surface area contributed by atoms with Crippen molar-refractivity contribution >= 4 is 22.4 Å². The molecule has 0 unspecified atom stereocenters. The molecule has 1 fully saturated rings. The van der Waals surface area contributed by atoms with E-state index in [1.807, 2.05) is 36.4 Å². The topological polar surface area (TPSA) is 72.2 Å². The van der Waals surface area contributed by atoms with Crippen LogP contribution in [-0.2, 0) is 10.0 Å². The van der Waals surface area contributed by atoms with Crippen molar-refractivity contribution in [3.63, 3.8) is 0 Å². The SMILES string of the molecule is Cl.NC1CCC(NS(=O)(=O)c2cccc(-c3ccccc3)c2)CC1. The Morgan fingerprint density at radius 2 is 1.50 bits per heavy atom. The quantitative estimate of drug-likeness (QED) is 0.871. The van der Waals surface area contributed by atoms with Gasteiger partial charge >= 0.3 is 0 Å². The van der Waals surface area contributed by atoms with Gasteiger partial charge in [0.05, 0.1) is 4.90 Å². The zero-order valence-corrected chi connectivity index (χ0v) is 15.0. The van der Waals surface area contributed by atoms with Gasteiger partial charge in [-0.05, 0) is 48.9 Å². The molecule has 0 bridgehead atoms. The summed E-state index contributed by atoms with van der Waals surface area (Å²) < 4.78 is 28.1. The van der Waals surface area contributed by atoms with Crippen molar-refractivity contribution in [1.29, 1.82) is 0 Å². The van der Waals surface area contributed by atoms with E-state index in [1.54, 1.807) is 18.2 Å². The highest BCUT2D eigenvalue weighted by molar-refractivity contribution is 7.89. The van der Waals surface area contributed by atoms with Crippen LogP contribution < -0.4 is 10.5 Å². The number of halogens is 1. The molecule has 3 rings (SSSR count). The molecule has 0 amide bonds. The standard InChI is InChI=1S/C18H22N2O2S.ClH/c19-16-9-11-17(12-10-16)20-23(21,22)18-8-4-7-15(13-18)14-5-2-1-3-6-14;/h1-8,13,16-17,20H,9-12,19H2;1H. The van der Waals surface area contributed by atoms with E-state index in [-0.39, 0.29) is 24.5 Å². The van der Waals surface area contributed by atoms with E-state index in [4.69, 9.17) is 5.73 Å². The van der Waals surface area contributed by atoms with Crippen LogP contribution >= 0.6 is 12.4 Å². The van der Waals surface area contributed by atoms with Gasteiger partial charge in [-0.2, -0.15) is 0 Å². The van der Waals surface area contributed by atoms with Crippen LogP contribution in [-0.4, -0.2) is 20.5 Å². The first kappa shape index (κ1) is 18.9. The van der Waals surface area contributed by atoms with Gasteiger partial charge in [0.1, 0.15) is 0 Å². The summed E-state index contributed by atoms with van der Waals surface area (Å²) in [6.45, 7) is 0. The first-order chi connectivity index (χ1) is 11.0. The molecule has 1 aliphatic carbocycles. The van der Waals surface area contributed by atoms with Crippen LogP contribution in [0.25, 0.3) is 11.1 Å². The lowest BCUT2D eigenvalue weighted by atomic mass is 9.93. The summed E-state index contributed by atoms with van der Waals surface area (Å²) in [5.41, 5.74) is 7.79. The van der Waals surface area contributed by atoms with E-state index in [2.05, 4.69) is 4.72 Å². The molecule has 1 aliphatic rings. The van der Waals surface area contributed by atoms with E-state index in [1.165, 1.54) is 0 Å². The molecule has 0 spiro atoms. The maximum Gasteiger partial charge on any atom is 0.240 e. The zero-order chi connectivity index (χ0) is 16.3. The Labute approximate surface area is 149 Å². The maximum absolute atomic E-state index is 12.6. The van der Waals surface area contributed by atoms with Crippen molar-refractivity contribution in [3.8, 4) is 11.1 Å². The van der Waals surface area contributed by atoms with Gasteiger partial charge < -0.3 is 5.73 Å². The van der Waals surface area contributed by atoms with E-state index < -0.39 is 10.0 Å². The second-order valence-electron chi connectivity index (χ2n) is 6.13. The summed E-state index contributed by atoms with van der Waals surface area (Å²) in [5.74, 6) is 0. The van der Waals surface area contributed by atoms with E-state index in [9.17, 15) is 8.42 Å². The lowest BCUT2D eigenvalue weighted by molar-refractivity contribution is 0.373. The minimum Gasteiger partial charge on any atom is -0.328 e. The van der Waals surface area contributed by atoms with E-state index >= 15 is 0 Å². The molecule has 130 valence electrons. The van der Waals surface area contributed by atoms with Gasteiger partial charge in [0.15, 0.2) is 0 Å². The van der Waals surface area contributed by atoms with Crippen molar-refractivity contribution in [1.82, 2.24) is 4.72 Å². The van der Waals surface area contributed by atoms with Crippen LogP contribution in [0.4, 0.5) is 0 Å². The Balaban J connectivity index is 0.00000208. The lowest BCUT2D eigenvalue weighted by Crippen LogP contribution is -2.40. The average molecular weight is 367 g/mol. The molecule has 1 saturated carbocycles. The number of rotatable bonds is 4. The van der Waals surface area contributed by atoms with Crippen molar-refractivity contribution in [2.45, 2.75) is 42.7 Å². The number of nitrogens with one attached hydrogen (secondary N) is 1. The summed E-state index contributed by atoms with van der Waals surface area (Å²) in [7, 11) is -3.50.